The molecule has 1 amide bonds. The van der Waals surface area contributed by atoms with Crippen LogP contribution in [0.2, 0.25) is 0 Å². The van der Waals surface area contributed by atoms with E-state index in [2.05, 4.69) is 10.2 Å². The number of nitrogens with one attached hydrogen (secondary N) is 1. The molecule has 1 aromatic heterocycles. The van der Waals surface area contributed by atoms with Gasteiger partial charge in [-0.1, -0.05) is 0 Å². The van der Waals surface area contributed by atoms with E-state index in [1.54, 1.807) is 6.26 Å². The molecule has 0 bridgehead atoms. The molecule has 1 aliphatic carbocycles. The van der Waals surface area contributed by atoms with Crippen LogP contribution in [0.4, 0.5) is 0 Å². The summed E-state index contributed by atoms with van der Waals surface area (Å²) in [5.41, 5.74) is 0. The van der Waals surface area contributed by atoms with Gasteiger partial charge < -0.3 is 14.8 Å². The first-order valence-corrected chi connectivity index (χ1v) is 7.36. The number of carbonyl (C=O) groups is 1. The number of aliphatic hydroxyl groups excluding tert-OH is 1. The minimum atomic E-state index is -0.171. The quantitative estimate of drug-likeness (QED) is 0.867. The predicted octanol–water partition coefficient (Wildman–Crippen LogP) is 1.16. The molecule has 1 saturated heterocycles. The molecule has 2 heterocycles. The molecule has 110 valence electrons. The van der Waals surface area contributed by atoms with E-state index in [1.165, 1.54) is 0 Å². The van der Waals surface area contributed by atoms with Crippen molar-refractivity contribution < 1.29 is 14.3 Å². The van der Waals surface area contributed by atoms with Crippen LogP contribution in [0, 0.1) is 11.8 Å². The fourth-order valence-corrected chi connectivity index (χ4v) is 3.56. The van der Waals surface area contributed by atoms with Gasteiger partial charge in [0.2, 0.25) is 5.91 Å². The second kappa shape index (κ2) is 5.58. The minimum Gasteiger partial charge on any atom is -0.467 e. The molecule has 5 heteroatoms. The standard InChI is InChI=1S/C15H22N2O3/c1-10(14-3-2-6-20-14)16-15(19)9-17-7-11-4-5-13(18)12(11)8-17/h2-3,6,10-13,18H,4-5,7-9H2,1H3,(H,16,19). The maximum Gasteiger partial charge on any atom is 0.234 e. The van der Waals surface area contributed by atoms with Crippen LogP contribution in [-0.2, 0) is 4.79 Å². The summed E-state index contributed by atoms with van der Waals surface area (Å²) in [6.45, 7) is 4.10. The molecule has 1 aromatic rings. The highest BCUT2D eigenvalue weighted by Gasteiger charge is 2.42. The predicted molar refractivity (Wildman–Crippen MR) is 73.9 cm³/mol. The molecule has 0 radical (unpaired) electrons. The number of fused-ring (bicyclic) bond motifs is 1. The first-order chi connectivity index (χ1) is 9.63. The number of hydrogen-bond acceptors (Lipinski definition) is 4. The van der Waals surface area contributed by atoms with Crippen molar-refractivity contribution in [1.29, 1.82) is 0 Å². The second-order valence-corrected chi connectivity index (χ2v) is 6.07. The lowest BCUT2D eigenvalue weighted by Crippen LogP contribution is -2.38. The molecule has 4 unspecified atom stereocenters. The average molecular weight is 278 g/mol. The van der Waals surface area contributed by atoms with E-state index in [-0.39, 0.29) is 18.1 Å². The molecule has 1 saturated carbocycles. The van der Waals surface area contributed by atoms with Crippen molar-refractivity contribution in [3.63, 3.8) is 0 Å². The van der Waals surface area contributed by atoms with Gasteiger partial charge >= 0.3 is 0 Å². The van der Waals surface area contributed by atoms with E-state index in [4.69, 9.17) is 4.42 Å². The van der Waals surface area contributed by atoms with Crippen LogP contribution >= 0.6 is 0 Å². The van der Waals surface area contributed by atoms with Crippen LogP contribution < -0.4 is 5.32 Å². The van der Waals surface area contributed by atoms with Crippen molar-refractivity contribution in [3.05, 3.63) is 24.2 Å². The lowest BCUT2D eigenvalue weighted by molar-refractivity contribution is -0.122. The number of furan rings is 1. The summed E-state index contributed by atoms with van der Waals surface area (Å²) in [7, 11) is 0. The zero-order valence-electron chi connectivity index (χ0n) is 11.8. The van der Waals surface area contributed by atoms with E-state index in [9.17, 15) is 9.90 Å². The second-order valence-electron chi connectivity index (χ2n) is 6.07. The highest BCUT2D eigenvalue weighted by Crippen LogP contribution is 2.37. The van der Waals surface area contributed by atoms with Gasteiger partial charge in [0, 0.05) is 19.0 Å². The van der Waals surface area contributed by atoms with Gasteiger partial charge in [-0.15, -0.1) is 0 Å². The smallest absolute Gasteiger partial charge is 0.234 e. The number of carbonyl (C=O) groups excluding carboxylic acids is 1. The van der Waals surface area contributed by atoms with Crippen LogP contribution in [0.1, 0.15) is 31.6 Å². The van der Waals surface area contributed by atoms with Crippen molar-refractivity contribution >= 4 is 5.91 Å². The van der Waals surface area contributed by atoms with Gasteiger partial charge in [0.1, 0.15) is 5.76 Å². The van der Waals surface area contributed by atoms with Gasteiger partial charge in [0.25, 0.3) is 0 Å². The summed E-state index contributed by atoms with van der Waals surface area (Å²) < 4.78 is 5.28. The molecule has 0 spiro atoms. The fraction of sp³-hybridized carbons (Fsp3) is 0.667. The topological polar surface area (TPSA) is 65.7 Å². The lowest BCUT2D eigenvalue weighted by Gasteiger charge is -2.19. The molecule has 5 nitrogen and oxygen atoms in total. The molecule has 1 aliphatic heterocycles. The first kappa shape index (κ1) is 13.6. The number of aliphatic hydroxyl groups is 1. The maximum absolute atomic E-state index is 12.0. The molecule has 4 atom stereocenters. The Hall–Kier alpha value is -1.33. The largest absolute Gasteiger partial charge is 0.467 e. The van der Waals surface area contributed by atoms with Crippen LogP contribution in [0.15, 0.2) is 22.8 Å². The van der Waals surface area contributed by atoms with Gasteiger partial charge in [-0.3, -0.25) is 9.69 Å². The van der Waals surface area contributed by atoms with Crippen LogP contribution in [0.25, 0.3) is 0 Å². The Bertz CT molecular complexity index is 460. The molecular formula is C15H22N2O3. The summed E-state index contributed by atoms with van der Waals surface area (Å²) in [5.74, 6) is 1.72. The molecule has 2 N–H and O–H groups in total. The molecule has 0 aromatic carbocycles. The van der Waals surface area contributed by atoms with Gasteiger partial charge in [-0.25, -0.2) is 0 Å². The van der Waals surface area contributed by atoms with Crippen LogP contribution in [0.5, 0.6) is 0 Å². The Morgan fingerprint density at radius 2 is 2.40 bits per heavy atom. The van der Waals surface area contributed by atoms with Gasteiger partial charge in [-0.05, 0) is 37.8 Å². The summed E-state index contributed by atoms with van der Waals surface area (Å²) in [4.78, 5) is 14.2. The molecule has 2 aliphatic rings. The Kier molecular flexibility index (Phi) is 3.81. The molecular weight excluding hydrogens is 256 g/mol. The van der Waals surface area contributed by atoms with Gasteiger partial charge in [-0.2, -0.15) is 0 Å². The van der Waals surface area contributed by atoms with E-state index in [0.717, 1.165) is 31.7 Å². The zero-order chi connectivity index (χ0) is 14.1. The van der Waals surface area contributed by atoms with Crippen molar-refractivity contribution in [2.24, 2.45) is 11.8 Å². The number of hydrogen-bond donors (Lipinski definition) is 2. The number of amides is 1. The van der Waals surface area contributed by atoms with Crippen molar-refractivity contribution in [2.75, 3.05) is 19.6 Å². The third kappa shape index (κ3) is 2.74. The Morgan fingerprint density at radius 3 is 3.10 bits per heavy atom. The lowest BCUT2D eigenvalue weighted by atomic mass is 10.00. The van der Waals surface area contributed by atoms with Crippen molar-refractivity contribution in [3.8, 4) is 0 Å². The molecule has 2 fully saturated rings. The van der Waals surface area contributed by atoms with Crippen LogP contribution in [-0.4, -0.2) is 41.7 Å². The van der Waals surface area contributed by atoms with Gasteiger partial charge in [0.15, 0.2) is 0 Å². The highest BCUT2D eigenvalue weighted by molar-refractivity contribution is 5.78. The number of likely N-dealkylation sites (tertiary alicyclic amines) is 1. The van der Waals surface area contributed by atoms with E-state index in [0.29, 0.717) is 18.4 Å². The summed E-state index contributed by atoms with van der Waals surface area (Å²) in [6.07, 6.45) is 3.45. The zero-order valence-corrected chi connectivity index (χ0v) is 11.8. The Balaban J connectivity index is 1.48. The SMILES string of the molecule is CC(NC(=O)CN1CC2CCC(O)C2C1)c1ccco1. The monoisotopic (exact) mass is 278 g/mol. The molecule has 20 heavy (non-hydrogen) atoms. The maximum atomic E-state index is 12.0. The summed E-state index contributed by atoms with van der Waals surface area (Å²) in [5, 5.41) is 12.8. The van der Waals surface area contributed by atoms with Gasteiger partial charge in [0.05, 0.1) is 25.0 Å². The third-order valence-corrected chi connectivity index (χ3v) is 4.61. The van der Waals surface area contributed by atoms with Crippen molar-refractivity contribution in [2.45, 2.75) is 31.9 Å². The number of rotatable bonds is 4. The summed E-state index contributed by atoms with van der Waals surface area (Å²) in [6, 6.07) is 3.58. The first-order valence-electron chi connectivity index (χ1n) is 7.36. The third-order valence-electron chi connectivity index (χ3n) is 4.61. The normalized spacial score (nSPS) is 31.2. The Morgan fingerprint density at radius 1 is 1.55 bits per heavy atom. The van der Waals surface area contributed by atoms with E-state index < -0.39 is 0 Å². The minimum absolute atomic E-state index is 0.0170. The van der Waals surface area contributed by atoms with Crippen LogP contribution in [0.3, 0.4) is 0 Å². The average Bonchev–Trinajstić information content (AvgIpc) is 3.08. The van der Waals surface area contributed by atoms with Crippen molar-refractivity contribution in [1.82, 2.24) is 10.2 Å². The Labute approximate surface area is 118 Å². The summed E-state index contributed by atoms with van der Waals surface area (Å²) >= 11 is 0. The fourth-order valence-electron chi connectivity index (χ4n) is 3.56. The molecule has 3 rings (SSSR count). The highest BCUT2D eigenvalue weighted by atomic mass is 16.3. The van der Waals surface area contributed by atoms with E-state index >= 15 is 0 Å². The van der Waals surface area contributed by atoms with E-state index in [1.807, 2.05) is 19.1 Å². The number of nitrogens with zero attached hydrogens (tertiary/aromatic N) is 1.